The van der Waals surface area contributed by atoms with Gasteiger partial charge >= 0.3 is 0 Å². The minimum Gasteiger partial charge on any atom is -0.443 e. The van der Waals surface area contributed by atoms with Gasteiger partial charge in [-0.25, -0.2) is 15.0 Å². The van der Waals surface area contributed by atoms with Gasteiger partial charge in [0.2, 0.25) is 11.8 Å². The molecule has 0 N–H and O–H groups in total. The predicted octanol–water partition coefficient (Wildman–Crippen LogP) is 5.39. The Morgan fingerprint density at radius 2 is 1.41 bits per heavy atom. The van der Waals surface area contributed by atoms with Crippen LogP contribution in [0.1, 0.15) is 13.8 Å². The van der Waals surface area contributed by atoms with Crippen LogP contribution in [0.15, 0.2) is 84.3 Å². The van der Waals surface area contributed by atoms with E-state index in [4.69, 9.17) is 14.2 Å². The summed E-state index contributed by atoms with van der Waals surface area (Å²) >= 11 is 0. The Bertz CT molecular complexity index is 866. The summed E-state index contributed by atoms with van der Waals surface area (Å²) in [6.45, 7) is 3.66. The molecule has 0 fully saturated rings. The van der Waals surface area contributed by atoms with Crippen molar-refractivity contribution < 1.29 is 14.2 Å². The van der Waals surface area contributed by atoms with Crippen molar-refractivity contribution in [2.45, 2.75) is 13.8 Å². The fraction of sp³-hybridized carbons (Fsp3) is 0.0952. The maximum atomic E-state index is 5.81. The summed E-state index contributed by atoms with van der Waals surface area (Å²) in [5.41, 5.74) is 0. The Labute approximate surface area is 157 Å². The second-order valence-corrected chi connectivity index (χ2v) is 5.41. The molecule has 2 aromatic heterocycles. The molecule has 1 aromatic carbocycles. The van der Waals surface area contributed by atoms with Gasteiger partial charge in [0.25, 0.3) is 0 Å². The summed E-state index contributed by atoms with van der Waals surface area (Å²) < 4.78 is 17.4. The molecule has 3 aromatic rings. The molecule has 0 aliphatic carbocycles. The topological polar surface area (TPSA) is 65.8 Å². The molecule has 0 atom stereocenters. The summed E-state index contributed by atoms with van der Waals surface area (Å²) in [4.78, 5) is 12.5. The van der Waals surface area contributed by atoms with E-state index in [-0.39, 0.29) is 0 Å². The third-order valence-electron chi connectivity index (χ3n) is 3.24. The number of allylic oxidation sites excluding steroid dienone is 1. The Hall–Kier alpha value is -3.67. The first-order valence-corrected chi connectivity index (χ1v) is 8.39. The van der Waals surface area contributed by atoms with Gasteiger partial charge in [0.15, 0.2) is 5.90 Å². The molecule has 3 rings (SSSR count). The number of benzene rings is 1. The minimum absolute atomic E-state index is 0.470. The predicted molar refractivity (Wildman–Crippen MR) is 104 cm³/mol. The van der Waals surface area contributed by atoms with Crippen molar-refractivity contribution in [1.29, 1.82) is 0 Å². The van der Waals surface area contributed by atoms with E-state index in [1.54, 1.807) is 55.8 Å². The molecule has 0 amide bonds. The van der Waals surface area contributed by atoms with Crippen molar-refractivity contribution in [1.82, 2.24) is 9.97 Å². The van der Waals surface area contributed by atoms with E-state index >= 15 is 0 Å². The highest BCUT2D eigenvalue weighted by Gasteiger charge is 2.08. The first kappa shape index (κ1) is 18.1. The second kappa shape index (κ2) is 9.15. The van der Waals surface area contributed by atoms with Crippen LogP contribution in [0.4, 0.5) is 0 Å². The van der Waals surface area contributed by atoms with Crippen molar-refractivity contribution in [3.63, 3.8) is 0 Å². The Morgan fingerprint density at radius 1 is 0.852 bits per heavy atom. The molecule has 136 valence electrons. The third-order valence-corrected chi connectivity index (χ3v) is 3.24. The number of hydrogen-bond donors (Lipinski definition) is 0. The highest BCUT2D eigenvalue weighted by atomic mass is 16.5. The molecular weight excluding hydrogens is 342 g/mol. The molecule has 0 radical (unpaired) electrons. The van der Waals surface area contributed by atoms with Crippen LogP contribution in [-0.2, 0) is 0 Å². The number of hydrogen-bond acceptors (Lipinski definition) is 6. The van der Waals surface area contributed by atoms with Gasteiger partial charge in [0.1, 0.15) is 17.2 Å². The maximum absolute atomic E-state index is 5.81. The molecule has 0 unspecified atom stereocenters. The highest BCUT2D eigenvalue weighted by Crippen LogP contribution is 2.32. The quantitative estimate of drug-likeness (QED) is 0.435. The molecule has 6 heteroatoms. The number of ether oxygens (including phenoxy) is 3. The Balaban J connectivity index is 1.89. The number of rotatable bonds is 6. The van der Waals surface area contributed by atoms with Crippen LogP contribution >= 0.6 is 0 Å². The SMILES string of the molecule is C/C=C\N=C(/C)Oc1cc(Oc2ccccn2)cc(Oc2ccccn2)c1. The largest absolute Gasteiger partial charge is 0.443 e. The van der Waals surface area contributed by atoms with Crippen LogP contribution < -0.4 is 14.2 Å². The van der Waals surface area contributed by atoms with Crippen molar-refractivity contribution in [2.75, 3.05) is 0 Å². The molecular formula is C21H19N3O3. The summed E-state index contributed by atoms with van der Waals surface area (Å²) in [6, 6.07) is 16.1. The van der Waals surface area contributed by atoms with E-state index in [2.05, 4.69) is 15.0 Å². The molecule has 0 saturated heterocycles. The maximum Gasteiger partial charge on any atom is 0.219 e. The number of aromatic nitrogens is 2. The Kier molecular flexibility index (Phi) is 6.14. The van der Waals surface area contributed by atoms with Gasteiger partial charge in [-0.3, -0.25) is 0 Å². The van der Waals surface area contributed by atoms with Gasteiger partial charge in [-0.1, -0.05) is 18.2 Å². The zero-order valence-electron chi connectivity index (χ0n) is 15.1. The highest BCUT2D eigenvalue weighted by molar-refractivity contribution is 5.76. The van der Waals surface area contributed by atoms with Gasteiger partial charge in [0, 0.05) is 55.8 Å². The minimum atomic E-state index is 0.470. The van der Waals surface area contributed by atoms with E-state index in [1.165, 1.54) is 0 Å². The van der Waals surface area contributed by atoms with Gasteiger partial charge in [0.05, 0.1) is 0 Å². The molecule has 0 spiro atoms. The second-order valence-electron chi connectivity index (χ2n) is 5.41. The van der Waals surface area contributed by atoms with Crippen LogP contribution in [0.5, 0.6) is 29.0 Å². The monoisotopic (exact) mass is 361 g/mol. The summed E-state index contributed by atoms with van der Waals surface area (Å²) in [5.74, 6) is 3.01. The molecule has 0 bridgehead atoms. The van der Waals surface area contributed by atoms with Crippen LogP contribution in [0, 0.1) is 0 Å². The van der Waals surface area contributed by atoms with Gasteiger partial charge in [-0.2, -0.15) is 0 Å². The Morgan fingerprint density at radius 3 is 1.89 bits per heavy atom. The van der Waals surface area contributed by atoms with E-state index in [9.17, 15) is 0 Å². The summed E-state index contributed by atoms with van der Waals surface area (Å²) in [7, 11) is 0. The van der Waals surface area contributed by atoms with Crippen molar-refractivity contribution >= 4 is 5.90 Å². The number of aliphatic imine (C=N–C) groups is 1. The summed E-state index contributed by atoms with van der Waals surface area (Å²) in [5, 5.41) is 0. The fourth-order valence-corrected chi connectivity index (χ4v) is 2.16. The van der Waals surface area contributed by atoms with E-state index in [0.29, 0.717) is 34.9 Å². The normalized spacial score (nSPS) is 11.4. The number of nitrogens with zero attached hydrogens (tertiary/aromatic N) is 3. The van der Waals surface area contributed by atoms with E-state index in [1.807, 2.05) is 37.3 Å². The van der Waals surface area contributed by atoms with Crippen LogP contribution in [-0.4, -0.2) is 15.9 Å². The van der Waals surface area contributed by atoms with Gasteiger partial charge in [-0.15, -0.1) is 0 Å². The van der Waals surface area contributed by atoms with Gasteiger partial charge in [-0.05, 0) is 19.1 Å². The van der Waals surface area contributed by atoms with Crippen molar-refractivity contribution in [3.05, 3.63) is 79.3 Å². The van der Waals surface area contributed by atoms with Crippen molar-refractivity contribution in [2.24, 2.45) is 4.99 Å². The average Bonchev–Trinajstić information content (AvgIpc) is 2.68. The molecule has 27 heavy (non-hydrogen) atoms. The lowest BCUT2D eigenvalue weighted by atomic mass is 10.3. The number of pyridine rings is 2. The van der Waals surface area contributed by atoms with Crippen LogP contribution in [0.2, 0.25) is 0 Å². The van der Waals surface area contributed by atoms with E-state index in [0.717, 1.165) is 0 Å². The van der Waals surface area contributed by atoms with Gasteiger partial charge < -0.3 is 14.2 Å². The lowest BCUT2D eigenvalue weighted by Crippen LogP contribution is -2.02. The van der Waals surface area contributed by atoms with Crippen LogP contribution in [0.3, 0.4) is 0 Å². The lowest BCUT2D eigenvalue weighted by Gasteiger charge is -2.11. The molecule has 6 nitrogen and oxygen atoms in total. The zero-order chi connectivity index (χ0) is 18.9. The van der Waals surface area contributed by atoms with E-state index < -0.39 is 0 Å². The third kappa shape index (κ3) is 5.67. The standard InChI is InChI=1S/C21H19N3O3/c1-3-10-22-16(2)25-17-13-18(26-20-8-4-6-11-23-20)15-19(14-17)27-21-9-5-7-12-24-21/h3-15H,1-2H3/b10-3-,22-16+. The molecule has 0 aliphatic heterocycles. The first-order chi connectivity index (χ1) is 13.2. The average molecular weight is 361 g/mol. The summed E-state index contributed by atoms with van der Waals surface area (Å²) in [6.07, 6.45) is 6.81. The molecule has 2 heterocycles. The first-order valence-electron chi connectivity index (χ1n) is 8.39. The zero-order valence-corrected chi connectivity index (χ0v) is 15.1. The fourth-order valence-electron chi connectivity index (χ4n) is 2.16. The molecule has 0 aliphatic rings. The molecule has 0 saturated carbocycles. The van der Waals surface area contributed by atoms with Crippen LogP contribution in [0.25, 0.3) is 0 Å². The smallest absolute Gasteiger partial charge is 0.219 e. The van der Waals surface area contributed by atoms with Crippen molar-refractivity contribution in [3.8, 4) is 29.0 Å². The lowest BCUT2D eigenvalue weighted by molar-refractivity contribution is 0.434.